The second kappa shape index (κ2) is 5.92. The number of rotatable bonds is 4. The Morgan fingerprint density at radius 1 is 1.00 bits per heavy atom. The molecule has 1 nitrogen and oxygen atoms in total. The third-order valence-corrected chi connectivity index (χ3v) is 3.48. The van der Waals surface area contributed by atoms with Gasteiger partial charge in [-0.2, -0.15) is 0 Å². The van der Waals surface area contributed by atoms with Crippen LogP contribution in [0.15, 0.2) is 42.5 Å². The van der Waals surface area contributed by atoms with E-state index in [2.05, 4.69) is 39.0 Å². The molecule has 0 spiro atoms. The predicted octanol–water partition coefficient (Wildman–Crippen LogP) is 5.14. The van der Waals surface area contributed by atoms with E-state index in [4.69, 9.17) is 0 Å². The maximum atomic E-state index is 9.45. The molecule has 2 aromatic rings. The quantitative estimate of drug-likeness (QED) is 0.801. The molecule has 0 unspecified atom stereocenters. The first-order valence-corrected chi connectivity index (χ1v) is 7.04. The maximum absolute atomic E-state index is 9.45. The molecular weight excluding hydrogens is 232 g/mol. The zero-order chi connectivity index (χ0) is 13.8. The van der Waals surface area contributed by atoms with E-state index in [0.29, 0.717) is 11.7 Å². The van der Waals surface area contributed by atoms with Crippen molar-refractivity contribution in [1.29, 1.82) is 0 Å². The van der Waals surface area contributed by atoms with E-state index in [-0.39, 0.29) is 0 Å². The lowest BCUT2D eigenvalue weighted by atomic mass is 9.87. The SMILES string of the molecule is CCCc1cccc(C(C)C)c1-c1ccc(O)cc1. The smallest absolute Gasteiger partial charge is 0.115 e. The van der Waals surface area contributed by atoms with Gasteiger partial charge in [0.15, 0.2) is 0 Å². The maximum Gasteiger partial charge on any atom is 0.115 e. The van der Waals surface area contributed by atoms with E-state index in [9.17, 15) is 5.11 Å². The highest BCUT2D eigenvalue weighted by atomic mass is 16.3. The molecule has 1 heteroatoms. The van der Waals surface area contributed by atoms with Gasteiger partial charge in [-0.25, -0.2) is 0 Å². The Balaban J connectivity index is 2.60. The monoisotopic (exact) mass is 254 g/mol. The van der Waals surface area contributed by atoms with Crippen LogP contribution in [0.5, 0.6) is 5.75 Å². The van der Waals surface area contributed by atoms with Crippen molar-refractivity contribution in [2.24, 2.45) is 0 Å². The summed E-state index contributed by atoms with van der Waals surface area (Å²) in [5.74, 6) is 0.823. The van der Waals surface area contributed by atoms with Crippen molar-refractivity contribution >= 4 is 0 Å². The molecule has 0 amide bonds. The Labute approximate surface area is 115 Å². The average Bonchev–Trinajstić information content (AvgIpc) is 2.40. The number of phenolic OH excluding ortho intramolecular Hbond substituents is 1. The molecule has 19 heavy (non-hydrogen) atoms. The van der Waals surface area contributed by atoms with E-state index < -0.39 is 0 Å². The highest BCUT2D eigenvalue weighted by Crippen LogP contribution is 2.33. The van der Waals surface area contributed by atoms with Crippen molar-refractivity contribution in [2.75, 3.05) is 0 Å². The zero-order valence-corrected chi connectivity index (χ0v) is 12.0. The van der Waals surface area contributed by atoms with Crippen LogP contribution in [0.2, 0.25) is 0 Å². The Hall–Kier alpha value is -1.76. The van der Waals surface area contributed by atoms with Crippen molar-refractivity contribution in [3.63, 3.8) is 0 Å². The summed E-state index contributed by atoms with van der Waals surface area (Å²) in [5, 5.41) is 9.45. The minimum atomic E-state index is 0.322. The number of hydrogen-bond donors (Lipinski definition) is 1. The summed E-state index contributed by atoms with van der Waals surface area (Å²) < 4.78 is 0. The number of hydrogen-bond acceptors (Lipinski definition) is 1. The molecule has 0 saturated carbocycles. The normalized spacial score (nSPS) is 10.9. The Kier molecular flexibility index (Phi) is 4.26. The predicted molar refractivity (Wildman–Crippen MR) is 81.6 cm³/mol. The summed E-state index contributed by atoms with van der Waals surface area (Å²) in [6.07, 6.45) is 2.24. The molecule has 2 rings (SSSR count). The van der Waals surface area contributed by atoms with Gasteiger partial charge in [-0.15, -0.1) is 0 Å². The second-order valence-electron chi connectivity index (χ2n) is 5.33. The number of aromatic hydroxyl groups is 1. The fourth-order valence-electron chi connectivity index (χ4n) is 2.56. The Morgan fingerprint density at radius 2 is 1.68 bits per heavy atom. The molecule has 1 N–H and O–H groups in total. The number of benzene rings is 2. The molecule has 0 heterocycles. The van der Waals surface area contributed by atoms with Gasteiger partial charge in [0.1, 0.15) is 5.75 Å². The molecular formula is C18H22O. The second-order valence-corrected chi connectivity index (χ2v) is 5.33. The van der Waals surface area contributed by atoms with Gasteiger partial charge in [-0.05, 0) is 46.7 Å². The molecule has 0 saturated heterocycles. The van der Waals surface area contributed by atoms with Gasteiger partial charge in [0, 0.05) is 0 Å². The lowest BCUT2D eigenvalue weighted by Crippen LogP contribution is -1.98. The lowest BCUT2D eigenvalue weighted by Gasteiger charge is -2.17. The molecule has 0 radical (unpaired) electrons. The van der Waals surface area contributed by atoms with Gasteiger partial charge in [-0.1, -0.05) is 57.5 Å². The van der Waals surface area contributed by atoms with Crippen LogP contribution < -0.4 is 0 Å². The molecule has 0 fully saturated rings. The Bertz CT molecular complexity index is 538. The van der Waals surface area contributed by atoms with E-state index >= 15 is 0 Å². The van der Waals surface area contributed by atoms with Crippen LogP contribution >= 0.6 is 0 Å². The van der Waals surface area contributed by atoms with E-state index in [1.165, 1.54) is 22.3 Å². The molecule has 0 aliphatic carbocycles. The molecule has 0 aromatic heterocycles. The van der Waals surface area contributed by atoms with Crippen molar-refractivity contribution in [1.82, 2.24) is 0 Å². The summed E-state index contributed by atoms with van der Waals surface area (Å²) >= 11 is 0. The van der Waals surface area contributed by atoms with Gasteiger partial charge < -0.3 is 5.11 Å². The van der Waals surface area contributed by atoms with E-state index in [1.54, 1.807) is 12.1 Å². The molecule has 0 bridgehead atoms. The van der Waals surface area contributed by atoms with Gasteiger partial charge >= 0.3 is 0 Å². The van der Waals surface area contributed by atoms with Crippen molar-refractivity contribution in [3.8, 4) is 16.9 Å². The van der Waals surface area contributed by atoms with Crippen molar-refractivity contribution < 1.29 is 5.11 Å². The summed E-state index contributed by atoms with van der Waals surface area (Å²) in [6, 6.07) is 14.1. The minimum absolute atomic E-state index is 0.322. The highest BCUT2D eigenvalue weighted by molar-refractivity contribution is 5.72. The first kappa shape index (κ1) is 13.7. The van der Waals surface area contributed by atoms with Crippen LogP contribution in [0.25, 0.3) is 11.1 Å². The van der Waals surface area contributed by atoms with Gasteiger partial charge in [0.05, 0.1) is 0 Å². The van der Waals surface area contributed by atoms with Crippen LogP contribution in [0.1, 0.15) is 44.2 Å². The van der Waals surface area contributed by atoms with E-state index in [1.807, 2.05) is 12.1 Å². The van der Waals surface area contributed by atoms with Crippen LogP contribution in [0.4, 0.5) is 0 Å². The van der Waals surface area contributed by atoms with Crippen LogP contribution in [-0.4, -0.2) is 5.11 Å². The third kappa shape index (κ3) is 2.98. The molecule has 0 atom stereocenters. The molecule has 0 aliphatic rings. The first-order valence-electron chi connectivity index (χ1n) is 7.04. The molecule has 0 aliphatic heterocycles. The van der Waals surface area contributed by atoms with Crippen molar-refractivity contribution in [3.05, 3.63) is 53.6 Å². The van der Waals surface area contributed by atoms with Crippen LogP contribution in [0, 0.1) is 0 Å². The van der Waals surface area contributed by atoms with Gasteiger partial charge in [0.25, 0.3) is 0 Å². The highest BCUT2D eigenvalue weighted by Gasteiger charge is 2.12. The standard InChI is InChI=1S/C18H22O/c1-4-6-14-7-5-8-17(13(2)3)18(14)15-9-11-16(19)12-10-15/h5,7-13,19H,4,6H2,1-3H3. The Morgan fingerprint density at radius 3 is 2.26 bits per heavy atom. The molecule has 100 valence electrons. The fourth-order valence-corrected chi connectivity index (χ4v) is 2.56. The number of aryl methyl sites for hydroxylation is 1. The van der Waals surface area contributed by atoms with Gasteiger partial charge in [0.2, 0.25) is 0 Å². The topological polar surface area (TPSA) is 20.2 Å². The fraction of sp³-hybridized carbons (Fsp3) is 0.333. The minimum Gasteiger partial charge on any atom is -0.508 e. The molecule has 2 aromatic carbocycles. The number of phenols is 1. The summed E-state index contributed by atoms with van der Waals surface area (Å²) in [4.78, 5) is 0. The van der Waals surface area contributed by atoms with Crippen molar-refractivity contribution in [2.45, 2.75) is 39.5 Å². The summed E-state index contributed by atoms with van der Waals surface area (Å²) in [6.45, 7) is 6.67. The van der Waals surface area contributed by atoms with Crippen LogP contribution in [-0.2, 0) is 6.42 Å². The average molecular weight is 254 g/mol. The van der Waals surface area contributed by atoms with Gasteiger partial charge in [-0.3, -0.25) is 0 Å². The van der Waals surface area contributed by atoms with E-state index in [0.717, 1.165) is 12.8 Å². The lowest BCUT2D eigenvalue weighted by molar-refractivity contribution is 0.475. The summed E-state index contributed by atoms with van der Waals surface area (Å²) in [5.41, 5.74) is 5.33. The largest absolute Gasteiger partial charge is 0.508 e. The summed E-state index contributed by atoms with van der Waals surface area (Å²) in [7, 11) is 0. The van der Waals surface area contributed by atoms with Crippen LogP contribution in [0.3, 0.4) is 0 Å². The zero-order valence-electron chi connectivity index (χ0n) is 12.0. The first-order chi connectivity index (χ1) is 9.13. The third-order valence-electron chi connectivity index (χ3n) is 3.48.